The molecule has 0 bridgehead atoms. The topological polar surface area (TPSA) is 67.2 Å². The Hall–Kier alpha value is -2.63. The number of carbonyl (C=O) groups excluding carboxylic acids is 2. The zero-order chi connectivity index (χ0) is 19.0. The Morgan fingerprint density at radius 2 is 2.11 bits per heavy atom. The molecule has 142 valence electrons. The number of aromatic nitrogens is 2. The Labute approximate surface area is 159 Å². The minimum absolute atomic E-state index is 0.0608. The highest BCUT2D eigenvalue weighted by molar-refractivity contribution is 5.94. The van der Waals surface area contributed by atoms with Crippen molar-refractivity contribution in [1.82, 2.24) is 20.0 Å². The fourth-order valence-electron chi connectivity index (χ4n) is 3.76. The molecular weight excluding hydrogens is 340 g/mol. The van der Waals surface area contributed by atoms with Gasteiger partial charge in [-0.05, 0) is 31.9 Å². The van der Waals surface area contributed by atoms with E-state index in [-0.39, 0.29) is 11.8 Å². The molecule has 0 atom stereocenters. The molecule has 4 rings (SSSR count). The molecule has 0 saturated heterocycles. The summed E-state index contributed by atoms with van der Waals surface area (Å²) in [6.07, 6.45) is 4.06. The van der Waals surface area contributed by atoms with Crippen LogP contribution in [0.4, 0.5) is 0 Å². The van der Waals surface area contributed by atoms with E-state index >= 15 is 0 Å². The zero-order valence-corrected chi connectivity index (χ0v) is 16.0. The van der Waals surface area contributed by atoms with Crippen LogP contribution in [-0.2, 0) is 31.2 Å². The molecular formula is C21H26N4O2. The third-order valence-corrected chi connectivity index (χ3v) is 5.41. The first-order chi connectivity index (χ1) is 13.0. The molecule has 0 spiro atoms. The monoisotopic (exact) mass is 366 g/mol. The standard InChI is InChI=1S/C21H26N4O2/c1-14-4-3-5-15(12-14)21(27)25-11-10-19-17(13-25)18(23-24(19)2)8-9-20(26)22-16-6-7-16/h3-5,12,16H,6-11,13H2,1-2H3,(H,22,26). The highest BCUT2D eigenvalue weighted by Gasteiger charge is 2.28. The van der Waals surface area contributed by atoms with Crippen molar-refractivity contribution >= 4 is 11.8 Å². The van der Waals surface area contributed by atoms with Crippen LogP contribution in [0.3, 0.4) is 0 Å². The van der Waals surface area contributed by atoms with E-state index in [4.69, 9.17) is 0 Å². The van der Waals surface area contributed by atoms with Crippen LogP contribution < -0.4 is 5.32 Å². The lowest BCUT2D eigenvalue weighted by atomic mass is 10.0. The highest BCUT2D eigenvalue weighted by Crippen LogP contribution is 2.25. The number of nitrogens with one attached hydrogen (secondary N) is 1. The van der Waals surface area contributed by atoms with Crippen molar-refractivity contribution in [3.05, 3.63) is 52.3 Å². The first kappa shape index (κ1) is 17.8. The summed E-state index contributed by atoms with van der Waals surface area (Å²) in [6.45, 7) is 3.26. The van der Waals surface area contributed by atoms with Crippen molar-refractivity contribution in [3.8, 4) is 0 Å². The van der Waals surface area contributed by atoms with Gasteiger partial charge in [-0.25, -0.2) is 0 Å². The van der Waals surface area contributed by atoms with Crippen LogP contribution in [0.5, 0.6) is 0 Å². The Morgan fingerprint density at radius 3 is 2.85 bits per heavy atom. The van der Waals surface area contributed by atoms with Gasteiger partial charge in [0.1, 0.15) is 0 Å². The Balaban J connectivity index is 1.47. The van der Waals surface area contributed by atoms with Gasteiger partial charge in [0.2, 0.25) is 5.91 Å². The van der Waals surface area contributed by atoms with Gasteiger partial charge in [0.15, 0.2) is 0 Å². The number of nitrogens with zero attached hydrogens (tertiary/aromatic N) is 3. The maximum atomic E-state index is 12.9. The van der Waals surface area contributed by atoms with E-state index in [1.165, 1.54) is 5.69 Å². The van der Waals surface area contributed by atoms with E-state index in [1.54, 1.807) is 0 Å². The molecule has 6 nitrogen and oxygen atoms in total. The molecule has 0 radical (unpaired) electrons. The van der Waals surface area contributed by atoms with Crippen LogP contribution in [0, 0.1) is 6.92 Å². The Kier molecular flexibility index (Phi) is 4.72. The molecule has 1 aliphatic heterocycles. The summed E-state index contributed by atoms with van der Waals surface area (Å²) in [5, 5.41) is 7.67. The number of hydrogen-bond acceptors (Lipinski definition) is 3. The lowest BCUT2D eigenvalue weighted by molar-refractivity contribution is -0.121. The number of carbonyl (C=O) groups is 2. The van der Waals surface area contributed by atoms with Crippen molar-refractivity contribution in [1.29, 1.82) is 0 Å². The number of fused-ring (bicyclic) bond motifs is 1. The number of hydrogen-bond donors (Lipinski definition) is 1. The smallest absolute Gasteiger partial charge is 0.254 e. The van der Waals surface area contributed by atoms with Crippen molar-refractivity contribution in [2.24, 2.45) is 7.05 Å². The average Bonchev–Trinajstić information content (AvgIpc) is 3.42. The molecule has 2 heterocycles. The Morgan fingerprint density at radius 1 is 1.30 bits per heavy atom. The molecule has 1 aliphatic carbocycles. The third-order valence-electron chi connectivity index (χ3n) is 5.41. The summed E-state index contributed by atoms with van der Waals surface area (Å²) in [5.74, 6) is 0.158. The van der Waals surface area contributed by atoms with Gasteiger partial charge in [-0.1, -0.05) is 17.7 Å². The number of rotatable bonds is 5. The van der Waals surface area contributed by atoms with Crippen LogP contribution in [0.15, 0.2) is 24.3 Å². The number of benzene rings is 1. The molecule has 2 amide bonds. The van der Waals surface area contributed by atoms with Crippen LogP contribution >= 0.6 is 0 Å². The van der Waals surface area contributed by atoms with Gasteiger partial charge in [0, 0.05) is 62.3 Å². The number of amides is 2. The van der Waals surface area contributed by atoms with Gasteiger partial charge in [0.05, 0.1) is 5.69 Å². The van der Waals surface area contributed by atoms with Gasteiger partial charge >= 0.3 is 0 Å². The summed E-state index contributed by atoms with van der Waals surface area (Å²) in [6, 6.07) is 8.11. The van der Waals surface area contributed by atoms with E-state index in [0.717, 1.165) is 41.6 Å². The normalized spacial score (nSPS) is 16.1. The first-order valence-electron chi connectivity index (χ1n) is 9.70. The molecule has 1 saturated carbocycles. The van der Waals surface area contributed by atoms with E-state index < -0.39 is 0 Å². The fraction of sp³-hybridized carbons (Fsp3) is 0.476. The second kappa shape index (κ2) is 7.18. The predicted molar refractivity (Wildman–Crippen MR) is 102 cm³/mol. The third kappa shape index (κ3) is 3.89. The van der Waals surface area contributed by atoms with E-state index in [2.05, 4.69) is 10.4 Å². The summed E-state index contributed by atoms with van der Waals surface area (Å²) in [5.41, 5.74) is 5.06. The van der Waals surface area contributed by atoms with Gasteiger partial charge in [-0.3, -0.25) is 14.3 Å². The summed E-state index contributed by atoms with van der Waals surface area (Å²) in [4.78, 5) is 26.8. The van der Waals surface area contributed by atoms with Gasteiger partial charge < -0.3 is 10.2 Å². The van der Waals surface area contributed by atoms with Gasteiger partial charge in [0.25, 0.3) is 5.91 Å². The lowest BCUT2D eigenvalue weighted by Crippen LogP contribution is -2.36. The molecule has 2 aromatic rings. The first-order valence-corrected chi connectivity index (χ1v) is 9.70. The fourth-order valence-corrected chi connectivity index (χ4v) is 3.76. The zero-order valence-electron chi connectivity index (χ0n) is 16.0. The van der Waals surface area contributed by atoms with Crippen molar-refractivity contribution < 1.29 is 9.59 Å². The highest BCUT2D eigenvalue weighted by atomic mass is 16.2. The molecule has 1 N–H and O–H groups in total. The molecule has 0 unspecified atom stereocenters. The second-order valence-corrected chi connectivity index (χ2v) is 7.68. The Bertz CT molecular complexity index is 882. The SMILES string of the molecule is Cc1cccc(C(=O)N2CCc3c(c(CCC(=O)NC4CC4)nn3C)C2)c1. The van der Waals surface area contributed by atoms with Gasteiger partial charge in [-0.15, -0.1) is 0 Å². The maximum absolute atomic E-state index is 12.9. The molecule has 6 heteroatoms. The van der Waals surface area contributed by atoms with E-state index in [0.29, 0.717) is 32.0 Å². The minimum atomic E-state index is 0.0608. The van der Waals surface area contributed by atoms with Crippen molar-refractivity contribution in [2.45, 2.75) is 51.6 Å². The minimum Gasteiger partial charge on any atom is -0.353 e. The molecule has 27 heavy (non-hydrogen) atoms. The maximum Gasteiger partial charge on any atom is 0.254 e. The lowest BCUT2D eigenvalue weighted by Gasteiger charge is -2.28. The van der Waals surface area contributed by atoms with Crippen LogP contribution in [-0.4, -0.2) is 39.1 Å². The molecule has 2 aliphatic rings. The van der Waals surface area contributed by atoms with Crippen LogP contribution in [0.1, 0.15) is 52.1 Å². The predicted octanol–water partition coefficient (Wildman–Crippen LogP) is 2.14. The van der Waals surface area contributed by atoms with E-state index in [1.807, 2.05) is 47.8 Å². The molecule has 1 aromatic heterocycles. The average molecular weight is 366 g/mol. The number of aryl methyl sites for hydroxylation is 3. The summed E-state index contributed by atoms with van der Waals surface area (Å²) in [7, 11) is 1.95. The molecule has 1 aromatic carbocycles. The molecule has 1 fully saturated rings. The van der Waals surface area contributed by atoms with Crippen molar-refractivity contribution in [2.75, 3.05) is 6.54 Å². The summed E-state index contributed by atoms with van der Waals surface area (Å²) < 4.78 is 1.91. The largest absolute Gasteiger partial charge is 0.353 e. The van der Waals surface area contributed by atoms with Crippen molar-refractivity contribution in [3.63, 3.8) is 0 Å². The summed E-state index contributed by atoms with van der Waals surface area (Å²) >= 11 is 0. The van der Waals surface area contributed by atoms with E-state index in [9.17, 15) is 9.59 Å². The second-order valence-electron chi connectivity index (χ2n) is 7.68. The van der Waals surface area contributed by atoms with Crippen LogP contribution in [0.2, 0.25) is 0 Å². The quantitative estimate of drug-likeness (QED) is 0.882. The van der Waals surface area contributed by atoms with Crippen LogP contribution in [0.25, 0.3) is 0 Å². The van der Waals surface area contributed by atoms with Gasteiger partial charge in [-0.2, -0.15) is 5.10 Å².